The molecule has 0 radical (unpaired) electrons. The number of carbonyl (C=O) groups excluding carboxylic acids is 1. The molecule has 7 nitrogen and oxygen atoms in total. The van der Waals surface area contributed by atoms with Gasteiger partial charge in [-0.2, -0.15) is 0 Å². The molecule has 2 aromatic heterocycles. The highest BCUT2D eigenvalue weighted by atomic mass is 16.2. The Kier molecular flexibility index (Phi) is 5.60. The van der Waals surface area contributed by atoms with Gasteiger partial charge >= 0.3 is 0 Å². The summed E-state index contributed by atoms with van der Waals surface area (Å²) >= 11 is 0. The summed E-state index contributed by atoms with van der Waals surface area (Å²) in [6, 6.07) is 26.2. The molecule has 0 N–H and O–H groups in total. The van der Waals surface area contributed by atoms with Crippen molar-refractivity contribution in [3.05, 3.63) is 101 Å². The normalized spacial score (nSPS) is 16.1. The standard InChI is InChI=1S/C29H28N6O/c1-20-10-6-7-13-23(20)28(36)34-17-16-33(19-21(34)2)29-30-25-15-9-8-14-24(25)27-32-31-26(35(27)29)18-22-11-4-3-5-12-22/h3-15,21H,16-19H2,1-2H3/t21-/m0/s1. The quantitative estimate of drug-likeness (QED) is 0.381. The number of fused-ring (bicyclic) bond motifs is 3. The zero-order chi connectivity index (χ0) is 24.6. The van der Waals surface area contributed by atoms with Crippen molar-refractivity contribution in [3.8, 4) is 0 Å². The van der Waals surface area contributed by atoms with Crippen LogP contribution in [0.3, 0.4) is 0 Å². The lowest BCUT2D eigenvalue weighted by molar-refractivity contribution is 0.0672. The van der Waals surface area contributed by atoms with Crippen LogP contribution in [0.5, 0.6) is 0 Å². The van der Waals surface area contributed by atoms with Crippen LogP contribution in [0.2, 0.25) is 0 Å². The fourth-order valence-electron chi connectivity index (χ4n) is 5.13. The Morgan fingerprint density at radius 3 is 2.47 bits per heavy atom. The van der Waals surface area contributed by atoms with Crippen LogP contribution in [-0.4, -0.2) is 56.1 Å². The minimum Gasteiger partial charge on any atom is -0.338 e. The molecule has 0 spiro atoms. The van der Waals surface area contributed by atoms with Crippen LogP contribution in [0.15, 0.2) is 78.9 Å². The number of benzene rings is 3. The van der Waals surface area contributed by atoms with E-state index in [1.807, 2.05) is 78.6 Å². The van der Waals surface area contributed by atoms with Crippen molar-refractivity contribution in [2.75, 3.05) is 24.5 Å². The maximum atomic E-state index is 13.3. The van der Waals surface area contributed by atoms with Crippen molar-refractivity contribution >= 4 is 28.4 Å². The summed E-state index contributed by atoms with van der Waals surface area (Å²) in [6.45, 7) is 6.09. The van der Waals surface area contributed by atoms with Gasteiger partial charge in [-0.15, -0.1) is 10.2 Å². The van der Waals surface area contributed by atoms with Gasteiger partial charge in [0.25, 0.3) is 5.91 Å². The highest BCUT2D eigenvalue weighted by Gasteiger charge is 2.31. The largest absolute Gasteiger partial charge is 0.338 e. The van der Waals surface area contributed by atoms with Gasteiger partial charge in [-0.05, 0) is 43.2 Å². The number of rotatable bonds is 4. The summed E-state index contributed by atoms with van der Waals surface area (Å²) in [4.78, 5) is 22.7. The summed E-state index contributed by atoms with van der Waals surface area (Å²) in [5.41, 5.74) is 4.66. The number of nitrogens with zero attached hydrogens (tertiary/aromatic N) is 6. The average Bonchev–Trinajstić information content (AvgIpc) is 3.32. The van der Waals surface area contributed by atoms with E-state index in [4.69, 9.17) is 4.98 Å². The Morgan fingerprint density at radius 2 is 1.67 bits per heavy atom. The lowest BCUT2D eigenvalue weighted by Gasteiger charge is -2.40. The van der Waals surface area contributed by atoms with E-state index in [0.717, 1.165) is 39.4 Å². The Hall–Kier alpha value is -4.26. The van der Waals surface area contributed by atoms with Gasteiger partial charge in [0, 0.05) is 43.0 Å². The molecular formula is C29H28N6O. The van der Waals surface area contributed by atoms with Crippen LogP contribution in [-0.2, 0) is 6.42 Å². The van der Waals surface area contributed by atoms with Gasteiger partial charge in [-0.3, -0.25) is 4.79 Å². The average molecular weight is 477 g/mol. The predicted molar refractivity (Wildman–Crippen MR) is 141 cm³/mol. The predicted octanol–water partition coefficient (Wildman–Crippen LogP) is 4.53. The van der Waals surface area contributed by atoms with E-state index in [1.165, 1.54) is 5.56 Å². The molecule has 1 fully saturated rings. The second kappa shape index (κ2) is 9.07. The first kappa shape index (κ1) is 22.2. The first-order chi connectivity index (χ1) is 17.6. The van der Waals surface area contributed by atoms with Crippen LogP contribution in [0.25, 0.3) is 16.6 Å². The van der Waals surface area contributed by atoms with Gasteiger partial charge < -0.3 is 9.80 Å². The van der Waals surface area contributed by atoms with Gasteiger partial charge in [0.15, 0.2) is 5.65 Å². The van der Waals surface area contributed by atoms with E-state index in [-0.39, 0.29) is 11.9 Å². The first-order valence-electron chi connectivity index (χ1n) is 12.4. The molecule has 1 aliphatic heterocycles. The molecule has 36 heavy (non-hydrogen) atoms. The minimum atomic E-state index is 0.0308. The van der Waals surface area contributed by atoms with E-state index in [0.29, 0.717) is 26.1 Å². The summed E-state index contributed by atoms with van der Waals surface area (Å²) < 4.78 is 2.10. The van der Waals surface area contributed by atoms with Crippen LogP contribution in [0.1, 0.15) is 34.2 Å². The van der Waals surface area contributed by atoms with E-state index in [9.17, 15) is 4.79 Å². The zero-order valence-electron chi connectivity index (χ0n) is 20.5. The Balaban J connectivity index is 1.37. The van der Waals surface area contributed by atoms with Crippen LogP contribution in [0, 0.1) is 6.92 Å². The fourth-order valence-corrected chi connectivity index (χ4v) is 5.13. The topological polar surface area (TPSA) is 66.6 Å². The van der Waals surface area contributed by atoms with Gasteiger partial charge in [-0.1, -0.05) is 60.7 Å². The number of para-hydroxylation sites is 1. The molecule has 6 rings (SSSR count). The highest BCUT2D eigenvalue weighted by Crippen LogP contribution is 2.27. The highest BCUT2D eigenvalue weighted by molar-refractivity contribution is 5.96. The van der Waals surface area contributed by atoms with E-state index in [2.05, 4.69) is 38.6 Å². The molecular weight excluding hydrogens is 448 g/mol. The number of piperazine rings is 1. The van der Waals surface area contributed by atoms with Gasteiger partial charge in [0.1, 0.15) is 5.82 Å². The molecule has 0 saturated carbocycles. The molecule has 1 saturated heterocycles. The number of anilines is 1. The van der Waals surface area contributed by atoms with Crippen molar-refractivity contribution in [3.63, 3.8) is 0 Å². The van der Waals surface area contributed by atoms with Crippen LogP contribution in [0.4, 0.5) is 5.95 Å². The van der Waals surface area contributed by atoms with Gasteiger partial charge in [0.2, 0.25) is 5.95 Å². The Bertz CT molecular complexity index is 1560. The van der Waals surface area contributed by atoms with E-state index >= 15 is 0 Å². The minimum absolute atomic E-state index is 0.0308. The number of aromatic nitrogens is 4. The second-order valence-electron chi connectivity index (χ2n) is 9.48. The number of amides is 1. The van der Waals surface area contributed by atoms with Crippen molar-refractivity contribution in [1.29, 1.82) is 0 Å². The summed E-state index contributed by atoms with van der Waals surface area (Å²) in [7, 11) is 0. The van der Waals surface area contributed by atoms with Crippen molar-refractivity contribution in [2.24, 2.45) is 0 Å². The number of carbonyl (C=O) groups is 1. The third-order valence-corrected chi connectivity index (χ3v) is 7.05. The summed E-state index contributed by atoms with van der Waals surface area (Å²) in [6.07, 6.45) is 0.663. The zero-order valence-corrected chi connectivity index (χ0v) is 20.5. The number of hydrogen-bond donors (Lipinski definition) is 0. The van der Waals surface area contributed by atoms with Crippen molar-refractivity contribution in [2.45, 2.75) is 26.3 Å². The maximum absolute atomic E-state index is 13.3. The molecule has 1 amide bonds. The third-order valence-electron chi connectivity index (χ3n) is 7.05. The van der Waals surface area contributed by atoms with E-state index < -0.39 is 0 Å². The molecule has 0 unspecified atom stereocenters. The molecule has 7 heteroatoms. The SMILES string of the molecule is Cc1ccccc1C(=O)N1CCN(c2nc3ccccc3c3nnc(Cc4ccccc4)n23)C[C@@H]1C. The molecule has 3 aromatic carbocycles. The fraction of sp³-hybridized carbons (Fsp3) is 0.241. The summed E-state index contributed by atoms with van der Waals surface area (Å²) in [5, 5.41) is 10.2. The lowest BCUT2D eigenvalue weighted by Crippen LogP contribution is -2.54. The molecule has 0 bridgehead atoms. The van der Waals surface area contributed by atoms with Gasteiger partial charge in [0.05, 0.1) is 5.52 Å². The van der Waals surface area contributed by atoms with Crippen molar-refractivity contribution in [1.82, 2.24) is 24.5 Å². The first-order valence-corrected chi connectivity index (χ1v) is 12.4. The van der Waals surface area contributed by atoms with Crippen molar-refractivity contribution < 1.29 is 4.79 Å². The third kappa shape index (κ3) is 3.86. The molecule has 1 atom stereocenters. The molecule has 180 valence electrons. The van der Waals surface area contributed by atoms with Crippen LogP contribution < -0.4 is 4.90 Å². The smallest absolute Gasteiger partial charge is 0.254 e. The number of hydrogen-bond acceptors (Lipinski definition) is 5. The Morgan fingerprint density at radius 1 is 0.917 bits per heavy atom. The molecule has 3 heterocycles. The summed E-state index contributed by atoms with van der Waals surface area (Å²) in [5.74, 6) is 1.77. The molecule has 1 aliphatic rings. The second-order valence-corrected chi connectivity index (χ2v) is 9.48. The monoisotopic (exact) mass is 476 g/mol. The lowest BCUT2D eigenvalue weighted by atomic mass is 10.1. The van der Waals surface area contributed by atoms with Gasteiger partial charge in [-0.25, -0.2) is 9.38 Å². The molecule has 0 aliphatic carbocycles. The maximum Gasteiger partial charge on any atom is 0.254 e. The molecule has 5 aromatic rings. The van der Waals surface area contributed by atoms with E-state index in [1.54, 1.807) is 0 Å². The Labute approximate surface area is 210 Å². The van der Waals surface area contributed by atoms with Crippen LogP contribution >= 0.6 is 0 Å². The number of aryl methyl sites for hydroxylation is 1.